The van der Waals surface area contributed by atoms with Crippen LogP contribution >= 0.6 is 23.5 Å². The molecule has 14 atom stereocenters. The summed E-state index contributed by atoms with van der Waals surface area (Å²) in [5.41, 5.74) is 6.73. The average molecular weight is 1790 g/mol. The summed E-state index contributed by atoms with van der Waals surface area (Å²) < 4.78 is 104. The molecule has 14 aliphatic heterocycles. The molecule has 6 aromatic carbocycles. The summed E-state index contributed by atoms with van der Waals surface area (Å²) >= 11 is 2.88. The number of amides is 1. The van der Waals surface area contributed by atoms with Gasteiger partial charge in [-0.2, -0.15) is 10.5 Å². The monoisotopic (exact) mass is 1790 g/mol. The van der Waals surface area contributed by atoms with E-state index in [2.05, 4.69) is 57.1 Å². The molecule has 8 bridgehead atoms. The van der Waals surface area contributed by atoms with Crippen molar-refractivity contribution in [2.24, 2.45) is 0 Å². The normalized spacial score (nSPS) is 26.2. The zero-order valence-electron chi connectivity index (χ0n) is 74.3. The molecular weight excluding hydrogens is 1690 g/mol. The lowest BCUT2D eigenvalue weighted by Crippen LogP contribution is -2.71. The van der Waals surface area contributed by atoms with E-state index < -0.39 is 123 Å². The first-order valence-corrected chi connectivity index (χ1v) is 44.7. The number of carbonyl (C=O) groups is 6. The second kappa shape index (κ2) is 33.9. The molecule has 14 heterocycles. The molecule has 0 radical (unpaired) electrons. The highest BCUT2D eigenvalue weighted by Crippen LogP contribution is 2.68. The van der Waals surface area contributed by atoms with Gasteiger partial charge < -0.3 is 90.9 Å². The number of nitrogens with zero attached hydrogens (tertiary/aromatic N) is 5. The van der Waals surface area contributed by atoms with Crippen molar-refractivity contribution in [2.75, 3.05) is 93.0 Å². The highest BCUT2D eigenvalue weighted by Gasteiger charge is 2.66. The van der Waals surface area contributed by atoms with E-state index >= 15 is 9.59 Å². The number of benzene rings is 6. The van der Waals surface area contributed by atoms with Gasteiger partial charge in [-0.1, -0.05) is 37.4 Å². The number of piperazine rings is 2. The second-order valence-electron chi connectivity index (χ2n) is 35.7. The van der Waals surface area contributed by atoms with Crippen LogP contribution in [0.3, 0.4) is 0 Å². The van der Waals surface area contributed by atoms with E-state index in [4.69, 9.17) is 80.5 Å². The number of nitrogens with one attached hydrogen (secondary N) is 3. The Kier molecular flexibility index (Phi) is 23.4. The molecule has 4 saturated heterocycles. The Balaban J connectivity index is 0.000000184. The van der Waals surface area contributed by atoms with Crippen LogP contribution in [0.25, 0.3) is 0 Å². The number of fused-ring (bicyclic) bond motifs is 18. The summed E-state index contributed by atoms with van der Waals surface area (Å²) in [6.45, 7) is 29.0. The lowest BCUT2D eigenvalue weighted by molar-refractivity contribution is -0.157. The van der Waals surface area contributed by atoms with Crippen molar-refractivity contribution in [2.45, 2.75) is 202 Å². The first-order chi connectivity index (χ1) is 61.2. The topological polar surface area (TPSA) is 373 Å². The van der Waals surface area contributed by atoms with Crippen LogP contribution in [-0.2, 0) is 74.9 Å². The van der Waals surface area contributed by atoms with E-state index in [1.54, 1.807) is 104 Å². The second-order valence-corrected chi connectivity index (χ2v) is 37.9. The lowest BCUT2D eigenvalue weighted by Gasteiger charge is -2.62. The minimum atomic E-state index is -1.55. The van der Waals surface area contributed by atoms with Crippen molar-refractivity contribution in [3.63, 3.8) is 0 Å². The van der Waals surface area contributed by atoms with Gasteiger partial charge in [0.05, 0.1) is 87.3 Å². The Bertz CT molecular complexity index is 5740. The minimum absolute atomic E-state index is 0.00985. The fourth-order valence-corrected chi connectivity index (χ4v) is 24.6. The van der Waals surface area contributed by atoms with Gasteiger partial charge >= 0.3 is 36.1 Å². The van der Waals surface area contributed by atoms with Crippen molar-refractivity contribution in [1.82, 2.24) is 30.7 Å². The number of methoxy groups -OCH3 is 4. The molecule has 676 valence electrons. The Morgan fingerprint density at radius 1 is 0.562 bits per heavy atom. The number of phenolic OH excluding ortho intramolecular Hbond substituents is 1. The zero-order valence-corrected chi connectivity index (χ0v) is 75.9. The third kappa shape index (κ3) is 14.5. The highest BCUT2D eigenvalue weighted by molar-refractivity contribution is 7.99. The standard InChI is InChI=1S/C52H60N4O14S.C42H44N4O10S/c1-13-16-63-44-36-29(17-25(2)41(44)62-12)18-31-32(21-53)55-33-22-64-47(58)52(30-20-34(61-11)35(19-28(30)14-15-54-52)68-49(60)70-51(8,9)10)23-71-46(40(55)39(36)56(31)48(59)69-50(5,6)7)38-37(33)45-43(65-24-66-45)26(3)42(38)67-27(4)57;1-7-10-52-38-30-23(11-19(2)35(38)51-6)12-25-26(15-43)46-27-16-53-41(49)42(24-14-29(50-5)28(48)13-22(24)8-9-44-42)17-57-40(34(46)33(30)45-25)32-31(27)39-37(54-18-55-39)20(3)36(32)56-21(4)47/h13,17,19-20,31-33,39-40,46,54H,1,14-16,18,22-24H2,2-12H3;7,11,13-14,25-27,33-34,40,44-45,48H,1,8-10,12,16-18H2,2-6H3/t31-,32-,33-,39+,40?,46+,52+;25-,26-,27-,33+,34?,40+,42+/m00/s1. The van der Waals surface area contributed by atoms with Crippen molar-refractivity contribution >= 4 is 59.6 Å². The molecule has 0 aliphatic carbocycles. The van der Waals surface area contributed by atoms with Crippen molar-refractivity contribution in [3.05, 3.63) is 151 Å². The van der Waals surface area contributed by atoms with Gasteiger partial charge in [0.15, 0.2) is 80.1 Å². The smallest absolute Gasteiger partial charge is 0.504 e. The number of thioether (sulfide) groups is 2. The molecule has 32 nitrogen and oxygen atoms in total. The molecule has 2 spiro atoms. The number of hydrogen-bond donors (Lipinski definition) is 4. The third-order valence-corrected chi connectivity index (χ3v) is 28.8. The van der Waals surface area contributed by atoms with Crippen LogP contribution in [0.15, 0.2) is 61.7 Å². The molecule has 14 aliphatic rings. The van der Waals surface area contributed by atoms with Gasteiger partial charge in [0.1, 0.15) is 61.2 Å². The van der Waals surface area contributed by atoms with Crippen molar-refractivity contribution in [3.8, 4) is 92.6 Å². The van der Waals surface area contributed by atoms with E-state index in [1.165, 1.54) is 51.6 Å². The van der Waals surface area contributed by atoms with Crippen LogP contribution in [0.2, 0.25) is 0 Å². The lowest BCUT2D eigenvalue weighted by atomic mass is 9.71. The van der Waals surface area contributed by atoms with Gasteiger partial charge in [-0.25, -0.2) is 19.2 Å². The van der Waals surface area contributed by atoms with Crippen molar-refractivity contribution in [1.29, 1.82) is 10.5 Å². The maximum Gasteiger partial charge on any atom is 0.514 e. The highest BCUT2D eigenvalue weighted by atomic mass is 32.2. The van der Waals surface area contributed by atoms with Gasteiger partial charge in [-0.3, -0.25) is 34.9 Å². The first-order valence-electron chi connectivity index (χ1n) is 42.6. The Labute approximate surface area is 749 Å². The summed E-state index contributed by atoms with van der Waals surface area (Å²) in [6, 6.07) is 8.93. The number of aryl methyl sites for hydroxylation is 2. The molecule has 0 saturated carbocycles. The largest absolute Gasteiger partial charge is 0.514 e. The Morgan fingerprint density at radius 2 is 1.05 bits per heavy atom. The van der Waals surface area contributed by atoms with Crippen LogP contribution in [0.4, 0.5) is 9.59 Å². The average Bonchev–Trinajstić information content (AvgIpc) is 0.889. The predicted molar refractivity (Wildman–Crippen MR) is 465 cm³/mol. The number of esters is 4. The van der Waals surface area contributed by atoms with Crippen LogP contribution in [0.5, 0.6) is 80.5 Å². The molecule has 0 aromatic heterocycles. The van der Waals surface area contributed by atoms with Gasteiger partial charge in [0.25, 0.3) is 0 Å². The molecule has 4 fully saturated rings. The Morgan fingerprint density at radius 3 is 1.54 bits per heavy atom. The van der Waals surface area contributed by atoms with Gasteiger partial charge in [0.2, 0.25) is 13.6 Å². The van der Waals surface area contributed by atoms with E-state index in [1.807, 2.05) is 26.8 Å². The van der Waals surface area contributed by atoms with Crippen molar-refractivity contribution < 1.29 is 114 Å². The van der Waals surface area contributed by atoms with E-state index in [0.29, 0.717) is 140 Å². The van der Waals surface area contributed by atoms with Crippen LogP contribution in [0, 0.1) is 50.4 Å². The maximum atomic E-state index is 15.3. The van der Waals surface area contributed by atoms with Crippen LogP contribution in [-0.4, -0.2) is 196 Å². The summed E-state index contributed by atoms with van der Waals surface area (Å²) in [4.78, 5) is 90.5. The number of phenols is 1. The zero-order chi connectivity index (χ0) is 91.0. The summed E-state index contributed by atoms with van der Waals surface area (Å²) in [6.07, 6.45) is 3.53. The molecule has 1 amide bonds. The molecule has 128 heavy (non-hydrogen) atoms. The number of ether oxygens (including phenoxy) is 17. The quantitative estimate of drug-likeness (QED) is 0.0274. The SMILES string of the molecule is C=CCOc1c(OC)c(C)cc2c1[C@@H]1C3[C@@H]4SC[C@]5(NCCc6cc(OC(=O)OC(C)(C)C)c(OC)cc65)C(=O)OC[C@@H](c5c6c(c(C)c(OC(C)=O)c54)OCO6)N3[C@@H](C#N)[C@H](C2)N1C(=O)OC(C)(C)C.C=CCOc1c(OC)c(C)cc2c1[C@H]1N[C@@H](C2)[C@H](C#N)N2C1[C@@H]1SC[C@]3(NCCc4cc(O)c(OC)cc43)C(=O)OC[C@H]2c2c3c(c(C)c(OC(C)=O)c21)OCO3. The van der Waals surface area contributed by atoms with Gasteiger partial charge in [0, 0.05) is 95.0 Å². The van der Waals surface area contributed by atoms with Gasteiger partial charge in [-0.05, 0) is 164 Å². The Hall–Kier alpha value is -11.5. The fourth-order valence-electron chi connectivity index (χ4n) is 21.2. The van der Waals surface area contributed by atoms with Gasteiger partial charge in [-0.15, -0.1) is 23.5 Å². The third-order valence-electron chi connectivity index (χ3n) is 25.9. The number of carbonyl (C=O) groups excluding carboxylic acids is 6. The minimum Gasteiger partial charge on any atom is -0.504 e. The van der Waals surface area contributed by atoms with E-state index in [-0.39, 0.29) is 92.7 Å². The molecular formula is C94H104N8O24S2. The molecule has 20 rings (SSSR count). The first kappa shape index (κ1) is 88.5. The van der Waals surface area contributed by atoms with E-state index in [0.717, 1.165) is 33.4 Å². The van der Waals surface area contributed by atoms with Crippen LogP contribution in [0.1, 0.15) is 179 Å². The number of nitriles is 2. The fraction of sp³-hybridized carbons (Fsp3) is 0.489. The summed E-state index contributed by atoms with van der Waals surface area (Å²) in [5.74, 6) is 2.75. The molecule has 6 aromatic rings. The molecule has 34 heteroatoms. The van der Waals surface area contributed by atoms with Crippen LogP contribution < -0.4 is 77.5 Å². The summed E-state index contributed by atoms with van der Waals surface area (Å²) in [7, 11) is 6.09. The maximum absolute atomic E-state index is 15.3. The van der Waals surface area contributed by atoms with E-state index in [9.17, 15) is 34.8 Å². The predicted octanol–water partition coefficient (Wildman–Crippen LogP) is 12.3. The number of aromatic hydroxyl groups is 1. The number of hydrogen-bond acceptors (Lipinski definition) is 33. The number of rotatable bonds is 13. The molecule has 2 unspecified atom stereocenters. The molecule has 4 N–H and O–H groups in total. The summed E-state index contributed by atoms with van der Waals surface area (Å²) in [5, 5.41) is 43.1.